The minimum Gasteiger partial charge on any atom is -0.350 e. The summed E-state index contributed by atoms with van der Waals surface area (Å²) < 4.78 is 1.86. The standard InChI is InChI=1S/C10H8N2S2/c11-4-1-2-7-6-12-10(13)9-8(7)3-5-14-9/h3,5-6H,4,11H2,(H,12,13). The van der Waals surface area contributed by atoms with Gasteiger partial charge in [-0.25, -0.2) is 0 Å². The SMILES string of the molecule is NCC#Cc1c[nH]c(=S)c2sccc12. The van der Waals surface area contributed by atoms with Gasteiger partial charge in [-0.1, -0.05) is 24.1 Å². The molecule has 70 valence electrons. The molecule has 4 heteroatoms. The van der Waals surface area contributed by atoms with Crippen molar-refractivity contribution in [3.05, 3.63) is 27.8 Å². The van der Waals surface area contributed by atoms with Crippen molar-refractivity contribution in [3.63, 3.8) is 0 Å². The Hall–Kier alpha value is -1.15. The van der Waals surface area contributed by atoms with Crippen LogP contribution in [0, 0.1) is 16.5 Å². The second-order valence-corrected chi connectivity index (χ2v) is 4.03. The van der Waals surface area contributed by atoms with E-state index in [-0.39, 0.29) is 0 Å². The molecule has 0 bridgehead atoms. The fourth-order valence-electron chi connectivity index (χ4n) is 1.23. The second kappa shape index (κ2) is 3.93. The number of H-pyrrole nitrogens is 1. The molecule has 0 saturated heterocycles. The lowest BCUT2D eigenvalue weighted by Gasteiger charge is -1.94. The van der Waals surface area contributed by atoms with Gasteiger partial charge in [0, 0.05) is 17.1 Å². The highest BCUT2D eigenvalue weighted by Gasteiger charge is 2.00. The zero-order chi connectivity index (χ0) is 9.97. The number of rotatable bonds is 0. The minimum absolute atomic E-state index is 0.376. The predicted molar refractivity (Wildman–Crippen MR) is 62.9 cm³/mol. The van der Waals surface area contributed by atoms with E-state index >= 15 is 0 Å². The molecule has 2 rings (SSSR count). The van der Waals surface area contributed by atoms with Crippen LogP contribution in [0.5, 0.6) is 0 Å². The van der Waals surface area contributed by atoms with Crippen LogP contribution in [-0.2, 0) is 0 Å². The Kier molecular flexibility index (Phi) is 2.64. The molecule has 0 fully saturated rings. The van der Waals surface area contributed by atoms with Crippen molar-refractivity contribution in [2.45, 2.75) is 0 Å². The maximum absolute atomic E-state index is 5.32. The van der Waals surface area contributed by atoms with Crippen molar-refractivity contribution in [3.8, 4) is 11.8 Å². The lowest BCUT2D eigenvalue weighted by molar-refractivity contribution is 1.30. The van der Waals surface area contributed by atoms with Gasteiger partial charge in [0.15, 0.2) is 0 Å². The molecule has 2 nitrogen and oxygen atoms in total. The smallest absolute Gasteiger partial charge is 0.121 e. The monoisotopic (exact) mass is 220 g/mol. The summed E-state index contributed by atoms with van der Waals surface area (Å²) in [4.78, 5) is 3.02. The third kappa shape index (κ3) is 1.58. The average Bonchev–Trinajstić information content (AvgIpc) is 2.66. The molecule has 0 saturated carbocycles. The zero-order valence-corrected chi connectivity index (χ0v) is 8.97. The first kappa shape index (κ1) is 9.41. The molecule has 3 N–H and O–H groups in total. The normalized spacial score (nSPS) is 9.79. The van der Waals surface area contributed by atoms with E-state index in [9.17, 15) is 0 Å². The Balaban J connectivity index is 2.73. The van der Waals surface area contributed by atoms with Gasteiger partial charge < -0.3 is 10.7 Å². The average molecular weight is 220 g/mol. The fraction of sp³-hybridized carbons (Fsp3) is 0.100. The van der Waals surface area contributed by atoms with E-state index in [0.717, 1.165) is 20.3 Å². The first-order valence-electron chi connectivity index (χ1n) is 4.11. The summed E-state index contributed by atoms with van der Waals surface area (Å²) in [6, 6.07) is 2.03. The predicted octanol–water partition coefficient (Wildman–Crippen LogP) is 2.27. The van der Waals surface area contributed by atoms with Crippen LogP contribution in [0.1, 0.15) is 5.56 Å². The molecule has 0 radical (unpaired) electrons. The van der Waals surface area contributed by atoms with Crippen LogP contribution < -0.4 is 5.73 Å². The van der Waals surface area contributed by atoms with E-state index in [1.54, 1.807) is 11.3 Å². The Bertz CT molecular complexity index is 569. The van der Waals surface area contributed by atoms with E-state index in [2.05, 4.69) is 16.8 Å². The van der Waals surface area contributed by atoms with Crippen LogP contribution in [0.2, 0.25) is 0 Å². The molecule has 2 aromatic heterocycles. The van der Waals surface area contributed by atoms with Crippen LogP contribution in [0.3, 0.4) is 0 Å². The summed E-state index contributed by atoms with van der Waals surface area (Å²) in [7, 11) is 0. The number of nitrogens with one attached hydrogen (secondary N) is 1. The molecular weight excluding hydrogens is 212 g/mol. The molecule has 0 unspecified atom stereocenters. The van der Waals surface area contributed by atoms with Gasteiger partial charge in [-0.3, -0.25) is 0 Å². The number of nitrogens with two attached hydrogens (primary N) is 1. The van der Waals surface area contributed by atoms with Crippen molar-refractivity contribution >= 4 is 33.6 Å². The molecule has 14 heavy (non-hydrogen) atoms. The number of pyridine rings is 1. The molecule has 0 aromatic carbocycles. The maximum atomic E-state index is 5.32. The summed E-state index contributed by atoms with van der Waals surface area (Å²) >= 11 is 6.79. The highest BCUT2D eigenvalue weighted by atomic mass is 32.1. The zero-order valence-electron chi connectivity index (χ0n) is 7.33. The number of aromatic amines is 1. The number of hydrogen-bond acceptors (Lipinski definition) is 3. The van der Waals surface area contributed by atoms with E-state index in [1.807, 2.05) is 17.6 Å². The Morgan fingerprint density at radius 2 is 2.43 bits per heavy atom. The lowest BCUT2D eigenvalue weighted by atomic mass is 10.2. The van der Waals surface area contributed by atoms with Gasteiger partial charge in [-0.2, -0.15) is 0 Å². The van der Waals surface area contributed by atoms with Crippen molar-refractivity contribution in [1.82, 2.24) is 4.98 Å². The van der Waals surface area contributed by atoms with Crippen LogP contribution >= 0.6 is 23.6 Å². The van der Waals surface area contributed by atoms with E-state index in [1.165, 1.54) is 0 Å². The molecular formula is C10H8N2S2. The lowest BCUT2D eigenvalue weighted by Crippen LogP contribution is -1.93. The highest BCUT2D eigenvalue weighted by Crippen LogP contribution is 2.23. The topological polar surface area (TPSA) is 41.8 Å². The van der Waals surface area contributed by atoms with E-state index in [0.29, 0.717) is 6.54 Å². The summed E-state index contributed by atoms with van der Waals surface area (Å²) in [5.41, 5.74) is 6.28. The summed E-state index contributed by atoms with van der Waals surface area (Å²) in [5, 5.41) is 3.13. The van der Waals surface area contributed by atoms with Gasteiger partial charge in [0.25, 0.3) is 0 Å². The first-order chi connectivity index (χ1) is 6.83. The second-order valence-electron chi connectivity index (χ2n) is 2.70. The van der Waals surface area contributed by atoms with Crippen molar-refractivity contribution in [2.24, 2.45) is 5.73 Å². The van der Waals surface area contributed by atoms with E-state index in [4.69, 9.17) is 18.0 Å². The third-order valence-corrected chi connectivity index (χ3v) is 3.22. The quantitative estimate of drug-likeness (QED) is 0.528. The molecule has 2 aromatic rings. The highest BCUT2D eigenvalue weighted by molar-refractivity contribution is 7.71. The number of fused-ring (bicyclic) bond motifs is 1. The van der Waals surface area contributed by atoms with Crippen LogP contribution in [0.15, 0.2) is 17.6 Å². The Labute approximate surface area is 90.8 Å². The van der Waals surface area contributed by atoms with Crippen molar-refractivity contribution in [1.29, 1.82) is 0 Å². The molecule has 0 aliphatic carbocycles. The third-order valence-electron chi connectivity index (χ3n) is 1.83. The van der Waals surface area contributed by atoms with Gasteiger partial charge >= 0.3 is 0 Å². The summed E-state index contributed by atoms with van der Waals surface area (Å²) in [5.74, 6) is 5.85. The molecule has 0 aliphatic rings. The van der Waals surface area contributed by atoms with Gasteiger partial charge in [-0.15, -0.1) is 11.3 Å². The molecule has 2 heterocycles. The number of aromatic nitrogens is 1. The fourth-order valence-corrected chi connectivity index (χ4v) is 2.35. The summed E-state index contributed by atoms with van der Waals surface area (Å²) in [6.07, 6.45) is 1.83. The van der Waals surface area contributed by atoms with Crippen molar-refractivity contribution < 1.29 is 0 Å². The van der Waals surface area contributed by atoms with Crippen LogP contribution in [0.4, 0.5) is 0 Å². The largest absolute Gasteiger partial charge is 0.350 e. The van der Waals surface area contributed by atoms with Gasteiger partial charge in [0.1, 0.15) is 4.64 Å². The van der Waals surface area contributed by atoms with Crippen molar-refractivity contribution in [2.75, 3.05) is 6.54 Å². The van der Waals surface area contributed by atoms with E-state index < -0.39 is 0 Å². The molecule has 0 atom stereocenters. The minimum atomic E-state index is 0.376. The maximum Gasteiger partial charge on any atom is 0.121 e. The van der Waals surface area contributed by atoms with Gasteiger partial charge in [0.2, 0.25) is 0 Å². The van der Waals surface area contributed by atoms with Crippen LogP contribution in [0.25, 0.3) is 10.1 Å². The molecule has 0 spiro atoms. The summed E-state index contributed by atoms with van der Waals surface area (Å²) in [6.45, 7) is 0.376. The van der Waals surface area contributed by atoms with Gasteiger partial charge in [0.05, 0.1) is 11.2 Å². The molecule has 0 amide bonds. The van der Waals surface area contributed by atoms with Crippen LogP contribution in [-0.4, -0.2) is 11.5 Å². The number of hydrogen-bond donors (Lipinski definition) is 2. The molecule has 0 aliphatic heterocycles. The van der Waals surface area contributed by atoms with Gasteiger partial charge in [-0.05, 0) is 11.4 Å². The number of thiophene rings is 1. The Morgan fingerprint density at radius 3 is 3.21 bits per heavy atom. The Morgan fingerprint density at radius 1 is 1.57 bits per heavy atom. The first-order valence-corrected chi connectivity index (χ1v) is 5.39.